The molecule has 0 amide bonds. The highest BCUT2D eigenvalue weighted by Gasteiger charge is 1.87. The molecular formula is C9H15NO. The summed E-state index contributed by atoms with van der Waals surface area (Å²) in [7, 11) is 5.07. The highest BCUT2D eigenvalue weighted by Crippen LogP contribution is 2.07. The molecule has 0 aliphatic heterocycles. The molecule has 0 aliphatic carbocycles. The number of aliphatic hydroxyl groups is 1. The monoisotopic (exact) mass is 153 g/mol. The van der Waals surface area contributed by atoms with E-state index in [1.165, 1.54) is 5.69 Å². The maximum absolute atomic E-state index is 7.00. The number of benzene rings is 1. The van der Waals surface area contributed by atoms with E-state index in [2.05, 4.69) is 17.0 Å². The first kappa shape index (κ1) is 9.98. The van der Waals surface area contributed by atoms with Crippen molar-refractivity contribution in [3.63, 3.8) is 0 Å². The third-order valence-corrected chi connectivity index (χ3v) is 1.27. The second-order valence-corrected chi connectivity index (χ2v) is 2.23. The van der Waals surface area contributed by atoms with Gasteiger partial charge in [0.2, 0.25) is 0 Å². The standard InChI is InChI=1S/C8H11N.CH4O/c1-9(2)8-6-4-3-5-7-8;1-2/h3-7H,1-2H3;2H,1H3. The molecule has 0 fully saturated rings. The fraction of sp³-hybridized carbons (Fsp3) is 0.333. The summed E-state index contributed by atoms with van der Waals surface area (Å²) in [5.41, 5.74) is 1.25. The Kier molecular flexibility index (Phi) is 5.21. The maximum atomic E-state index is 7.00. The molecule has 2 heteroatoms. The predicted molar refractivity (Wildman–Crippen MR) is 48.9 cm³/mol. The van der Waals surface area contributed by atoms with Crippen LogP contribution in [0.4, 0.5) is 5.69 Å². The van der Waals surface area contributed by atoms with Gasteiger partial charge in [0.25, 0.3) is 0 Å². The number of rotatable bonds is 1. The zero-order chi connectivity index (χ0) is 8.69. The molecule has 0 spiro atoms. The van der Waals surface area contributed by atoms with Crippen LogP contribution < -0.4 is 4.90 Å². The predicted octanol–water partition coefficient (Wildman–Crippen LogP) is 1.36. The lowest BCUT2D eigenvalue weighted by Gasteiger charge is -2.10. The third-order valence-electron chi connectivity index (χ3n) is 1.27. The molecule has 0 radical (unpaired) electrons. The number of anilines is 1. The summed E-state index contributed by atoms with van der Waals surface area (Å²) in [6.45, 7) is 0. The minimum atomic E-state index is 1.00. The van der Waals surface area contributed by atoms with Gasteiger partial charge in [0.15, 0.2) is 0 Å². The SMILES string of the molecule is CN(C)c1ccccc1.CO. The Morgan fingerprint density at radius 2 is 1.45 bits per heavy atom. The molecule has 0 aliphatic rings. The molecule has 1 aromatic rings. The smallest absolute Gasteiger partial charge is 0.0360 e. The molecule has 1 rings (SSSR count). The van der Waals surface area contributed by atoms with Gasteiger partial charge in [-0.2, -0.15) is 0 Å². The van der Waals surface area contributed by atoms with E-state index in [0.717, 1.165) is 7.11 Å². The largest absolute Gasteiger partial charge is 0.400 e. The minimum absolute atomic E-state index is 1.00. The Balaban J connectivity index is 0.000000461. The van der Waals surface area contributed by atoms with Crippen LogP contribution in [0.5, 0.6) is 0 Å². The van der Waals surface area contributed by atoms with Crippen molar-refractivity contribution < 1.29 is 5.11 Å². The lowest BCUT2D eigenvalue weighted by Crippen LogP contribution is -2.07. The van der Waals surface area contributed by atoms with Crippen molar-refractivity contribution in [2.24, 2.45) is 0 Å². The molecule has 2 nitrogen and oxygen atoms in total. The van der Waals surface area contributed by atoms with Crippen LogP contribution in [0.15, 0.2) is 30.3 Å². The first-order valence-electron chi connectivity index (χ1n) is 3.48. The average Bonchev–Trinajstić information content (AvgIpc) is 2.10. The minimum Gasteiger partial charge on any atom is -0.400 e. The van der Waals surface area contributed by atoms with Crippen LogP contribution in [0.25, 0.3) is 0 Å². The van der Waals surface area contributed by atoms with Crippen molar-refractivity contribution >= 4 is 5.69 Å². The number of nitrogens with zero attached hydrogens (tertiary/aromatic N) is 1. The lowest BCUT2D eigenvalue weighted by atomic mass is 10.3. The number of aliphatic hydroxyl groups excluding tert-OH is 1. The number of hydrogen-bond donors (Lipinski definition) is 1. The topological polar surface area (TPSA) is 23.5 Å². The van der Waals surface area contributed by atoms with Crippen LogP contribution in [0.1, 0.15) is 0 Å². The van der Waals surface area contributed by atoms with Crippen LogP contribution in [0, 0.1) is 0 Å². The van der Waals surface area contributed by atoms with Gasteiger partial charge in [-0.25, -0.2) is 0 Å². The van der Waals surface area contributed by atoms with Crippen LogP contribution in [-0.2, 0) is 0 Å². The second-order valence-electron chi connectivity index (χ2n) is 2.23. The van der Waals surface area contributed by atoms with E-state index in [1.54, 1.807) is 0 Å². The van der Waals surface area contributed by atoms with Gasteiger partial charge in [0, 0.05) is 26.9 Å². The van der Waals surface area contributed by atoms with E-state index < -0.39 is 0 Å². The Morgan fingerprint density at radius 1 is 1.00 bits per heavy atom. The Morgan fingerprint density at radius 3 is 1.73 bits per heavy atom. The third kappa shape index (κ3) is 3.63. The Labute approximate surface area is 68.1 Å². The second kappa shape index (κ2) is 5.74. The van der Waals surface area contributed by atoms with Gasteiger partial charge in [0.1, 0.15) is 0 Å². The van der Waals surface area contributed by atoms with E-state index in [0.29, 0.717) is 0 Å². The molecule has 11 heavy (non-hydrogen) atoms. The molecular weight excluding hydrogens is 138 g/mol. The van der Waals surface area contributed by atoms with Gasteiger partial charge >= 0.3 is 0 Å². The van der Waals surface area contributed by atoms with E-state index in [-0.39, 0.29) is 0 Å². The van der Waals surface area contributed by atoms with Crippen molar-refractivity contribution in [2.75, 3.05) is 26.1 Å². The molecule has 1 N–H and O–H groups in total. The number of para-hydroxylation sites is 1. The van der Waals surface area contributed by atoms with Crippen molar-refractivity contribution in [1.82, 2.24) is 0 Å². The lowest BCUT2D eigenvalue weighted by molar-refractivity contribution is 0.399. The van der Waals surface area contributed by atoms with E-state index in [1.807, 2.05) is 32.3 Å². The van der Waals surface area contributed by atoms with Gasteiger partial charge in [-0.1, -0.05) is 18.2 Å². The molecule has 0 bridgehead atoms. The van der Waals surface area contributed by atoms with Gasteiger partial charge < -0.3 is 10.0 Å². The van der Waals surface area contributed by atoms with E-state index in [4.69, 9.17) is 5.11 Å². The van der Waals surface area contributed by atoms with Crippen LogP contribution >= 0.6 is 0 Å². The summed E-state index contributed by atoms with van der Waals surface area (Å²) in [6, 6.07) is 10.3. The molecule has 0 heterocycles. The van der Waals surface area contributed by atoms with Crippen molar-refractivity contribution in [2.45, 2.75) is 0 Å². The van der Waals surface area contributed by atoms with Crippen molar-refractivity contribution in [3.05, 3.63) is 30.3 Å². The number of hydrogen-bond acceptors (Lipinski definition) is 2. The molecule has 62 valence electrons. The van der Waals surface area contributed by atoms with E-state index >= 15 is 0 Å². The highest BCUT2D eigenvalue weighted by molar-refractivity contribution is 5.43. The zero-order valence-corrected chi connectivity index (χ0v) is 7.28. The first-order chi connectivity index (χ1) is 5.30. The molecule has 1 aromatic carbocycles. The van der Waals surface area contributed by atoms with Crippen LogP contribution in [0.2, 0.25) is 0 Å². The van der Waals surface area contributed by atoms with Gasteiger partial charge in [-0.05, 0) is 12.1 Å². The van der Waals surface area contributed by atoms with Crippen LogP contribution in [0.3, 0.4) is 0 Å². The average molecular weight is 153 g/mol. The molecule has 0 saturated heterocycles. The van der Waals surface area contributed by atoms with Gasteiger partial charge in [-0.15, -0.1) is 0 Å². The fourth-order valence-electron chi connectivity index (χ4n) is 0.726. The molecule has 0 atom stereocenters. The van der Waals surface area contributed by atoms with Crippen molar-refractivity contribution in [3.8, 4) is 0 Å². The fourth-order valence-corrected chi connectivity index (χ4v) is 0.726. The van der Waals surface area contributed by atoms with Gasteiger partial charge in [0.05, 0.1) is 0 Å². The maximum Gasteiger partial charge on any atom is 0.0360 e. The van der Waals surface area contributed by atoms with Crippen LogP contribution in [-0.4, -0.2) is 26.3 Å². The summed E-state index contributed by atoms with van der Waals surface area (Å²) in [5.74, 6) is 0. The Hall–Kier alpha value is -1.02. The summed E-state index contributed by atoms with van der Waals surface area (Å²) >= 11 is 0. The molecule has 0 unspecified atom stereocenters. The molecule has 0 aromatic heterocycles. The zero-order valence-electron chi connectivity index (χ0n) is 7.28. The quantitative estimate of drug-likeness (QED) is 0.658. The normalized spacial score (nSPS) is 8.00. The first-order valence-corrected chi connectivity index (χ1v) is 3.48. The highest BCUT2D eigenvalue weighted by atomic mass is 16.2. The summed E-state index contributed by atoms with van der Waals surface area (Å²) in [6.07, 6.45) is 0. The molecule has 0 saturated carbocycles. The summed E-state index contributed by atoms with van der Waals surface area (Å²) in [4.78, 5) is 2.08. The van der Waals surface area contributed by atoms with E-state index in [9.17, 15) is 0 Å². The van der Waals surface area contributed by atoms with Crippen molar-refractivity contribution in [1.29, 1.82) is 0 Å². The van der Waals surface area contributed by atoms with Gasteiger partial charge in [-0.3, -0.25) is 0 Å². The summed E-state index contributed by atoms with van der Waals surface area (Å²) in [5, 5.41) is 7.00. The Bertz CT molecular complexity index is 172. The summed E-state index contributed by atoms with van der Waals surface area (Å²) < 4.78 is 0.